The minimum Gasteiger partial charge on any atom is -0.356 e. The molecule has 0 unspecified atom stereocenters. The molecule has 0 saturated carbocycles. The highest BCUT2D eigenvalue weighted by molar-refractivity contribution is 7.99. The van der Waals surface area contributed by atoms with Crippen molar-refractivity contribution >= 4 is 28.6 Å². The van der Waals surface area contributed by atoms with Gasteiger partial charge in [0.05, 0.1) is 16.6 Å². The van der Waals surface area contributed by atoms with Gasteiger partial charge in [0.15, 0.2) is 5.16 Å². The second kappa shape index (κ2) is 10.9. The molecule has 2 heterocycles. The number of rotatable bonds is 9. The quantitative estimate of drug-likeness (QED) is 0.230. The van der Waals surface area contributed by atoms with Gasteiger partial charge in [-0.1, -0.05) is 36.0 Å². The largest absolute Gasteiger partial charge is 0.356 e. The van der Waals surface area contributed by atoms with Gasteiger partial charge in [-0.3, -0.25) is 19.1 Å². The highest BCUT2D eigenvalue weighted by Gasteiger charge is 2.14. The molecule has 6 nitrogen and oxygen atoms in total. The molecule has 2 aromatic carbocycles. The van der Waals surface area contributed by atoms with Gasteiger partial charge in [0.1, 0.15) is 5.82 Å². The Morgan fingerprint density at radius 1 is 1.06 bits per heavy atom. The third-order valence-corrected chi connectivity index (χ3v) is 6.04. The molecule has 2 aromatic heterocycles. The minimum atomic E-state index is -0.425. The van der Waals surface area contributed by atoms with Crippen LogP contribution in [0.4, 0.5) is 4.39 Å². The van der Waals surface area contributed by atoms with Crippen molar-refractivity contribution in [1.82, 2.24) is 19.9 Å². The Balaban J connectivity index is 1.40. The maximum absolute atomic E-state index is 13.8. The molecule has 0 aliphatic carbocycles. The predicted molar refractivity (Wildman–Crippen MR) is 128 cm³/mol. The molecule has 0 atom stereocenters. The van der Waals surface area contributed by atoms with Gasteiger partial charge in [-0.05, 0) is 48.9 Å². The summed E-state index contributed by atoms with van der Waals surface area (Å²) in [5.74, 6) is 0.139. The van der Waals surface area contributed by atoms with Crippen molar-refractivity contribution in [2.24, 2.45) is 0 Å². The number of hydrogen-bond acceptors (Lipinski definition) is 5. The first-order valence-electron chi connectivity index (χ1n) is 10.7. The predicted octanol–water partition coefficient (Wildman–Crippen LogP) is 4.15. The molecule has 0 aliphatic heterocycles. The molecule has 0 bridgehead atoms. The Hall–Kier alpha value is -3.52. The number of carbonyl (C=O) groups is 1. The molecule has 4 rings (SSSR count). The van der Waals surface area contributed by atoms with E-state index in [9.17, 15) is 14.0 Å². The summed E-state index contributed by atoms with van der Waals surface area (Å²) >= 11 is 1.38. The molecule has 1 amide bonds. The average Bonchev–Trinajstić information content (AvgIpc) is 2.83. The highest BCUT2D eigenvalue weighted by Crippen LogP contribution is 2.22. The number of halogens is 1. The van der Waals surface area contributed by atoms with Crippen LogP contribution < -0.4 is 10.9 Å². The van der Waals surface area contributed by atoms with Crippen LogP contribution in [0.2, 0.25) is 0 Å². The monoisotopic (exact) mass is 462 g/mol. The summed E-state index contributed by atoms with van der Waals surface area (Å²) in [6.45, 7) is 0.536. The van der Waals surface area contributed by atoms with Crippen molar-refractivity contribution in [2.45, 2.75) is 24.4 Å². The van der Waals surface area contributed by atoms with E-state index in [0.29, 0.717) is 53.3 Å². The van der Waals surface area contributed by atoms with Gasteiger partial charge < -0.3 is 5.32 Å². The second-order valence-electron chi connectivity index (χ2n) is 7.41. The van der Waals surface area contributed by atoms with Crippen molar-refractivity contribution in [3.05, 3.63) is 94.8 Å². The van der Waals surface area contributed by atoms with Crippen LogP contribution in [0.15, 0.2) is 82.9 Å². The van der Waals surface area contributed by atoms with Crippen molar-refractivity contribution in [3.8, 4) is 5.69 Å². The van der Waals surface area contributed by atoms with E-state index >= 15 is 0 Å². The molecule has 0 spiro atoms. The van der Waals surface area contributed by atoms with E-state index < -0.39 is 5.82 Å². The molecule has 8 heteroatoms. The molecule has 4 aromatic rings. The number of amides is 1. The topological polar surface area (TPSA) is 76.9 Å². The summed E-state index contributed by atoms with van der Waals surface area (Å²) in [5.41, 5.74) is 1.70. The summed E-state index contributed by atoms with van der Waals surface area (Å²) in [6.07, 6.45) is 3.40. The van der Waals surface area contributed by atoms with E-state index in [-0.39, 0.29) is 11.5 Å². The van der Waals surface area contributed by atoms with Crippen molar-refractivity contribution < 1.29 is 9.18 Å². The van der Waals surface area contributed by atoms with Crippen molar-refractivity contribution in [1.29, 1.82) is 0 Å². The molecule has 0 saturated heterocycles. The molecule has 33 heavy (non-hydrogen) atoms. The Labute approximate surface area is 194 Å². The zero-order valence-corrected chi connectivity index (χ0v) is 18.7. The Morgan fingerprint density at radius 3 is 2.73 bits per heavy atom. The van der Waals surface area contributed by atoms with E-state index in [0.717, 1.165) is 5.69 Å². The maximum atomic E-state index is 13.8. The first-order chi connectivity index (χ1) is 16.1. The zero-order valence-electron chi connectivity index (χ0n) is 17.9. The molecular formula is C25H23FN4O2S. The first kappa shape index (κ1) is 22.7. The Bertz CT molecular complexity index is 1310. The lowest BCUT2D eigenvalue weighted by atomic mass is 10.2. The second-order valence-corrected chi connectivity index (χ2v) is 8.47. The number of carbonyl (C=O) groups excluding carboxylic acids is 1. The Kier molecular flexibility index (Phi) is 7.47. The van der Waals surface area contributed by atoms with Gasteiger partial charge in [0.2, 0.25) is 5.91 Å². The summed E-state index contributed by atoms with van der Waals surface area (Å²) in [5, 5.41) is 3.85. The SMILES string of the molecule is O=C(CCCSc1nc2ccccc2c(=O)n1-c1cccc(F)c1)NCCc1ccccn1. The zero-order chi connectivity index (χ0) is 23.0. The number of nitrogens with one attached hydrogen (secondary N) is 1. The van der Waals surface area contributed by atoms with Crippen LogP contribution in [-0.2, 0) is 11.2 Å². The van der Waals surface area contributed by atoms with E-state index in [2.05, 4.69) is 15.3 Å². The van der Waals surface area contributed by atoms with Crippen LogP contribution >= 0.6 is 11.8 Å². The maximum Gasteiger partial charge on any atom is 0.266 e. The number of nitrogens with zero attached hydrogens (tertiary/aromatic N) is 3. The van der Waals surface area contributed by atoms with Crippen LogP contribution in [0.25, 0.3) is 16.6 Å². The standard InChI is InChI=1S/C25H23FN4O2S/c26-18-7-5-9-20(17-18)30-24(32)21-10-1-2-11-22(21)29-25(30)33-16-6-12-23(31)28-15-13-19-8-3-4-14-27-19/h1-5,7-11,14,17H,6,12-13,15-16H2,(H,28,31). The van der Waals surface area contributed by atoms with Crippen LogP contribution in [-0.4, -0.2) is 32.7 Å². The molecule has 1 N–H and O–H groups in total. The normalized spacial score (nSPS) is 10.9. The van der Waals surface area contributed by atoms with Crippen LogP contribution in [0.1, 0.15) is 18.5 Å². The van der Waals surface area contributed by atoms with E-state index in [1.54, 1.807) is 36.5 Å². The third kappa shape index (κ3) is 5.84. The lowest BCUT2D eigenvalue weighted by Crippen LogP contribution is -2.25. The van der Waals surface area contributed by atoms with Gasteiger partial charge in [-0.15, -0.1) is 0 Å². The fourth-order valence-corrected chi connectivity index (χ4v) is 4.36. The number of aromatic nitrogens is 3. The number of fused-ring (bicyclic) bond motifs is 1. The Morgan fingerprint density at radius 2 is 1.91 bits per heavy atom. The van der Waals surface area contributed by atoms with Crippen molar-refractivity contribution in [2.75, 3.05) is 12.3 Å². The van der Waals surface area contributed by atoms with E-state index in [1.165, 1.54) is 28.5 Å². The fourth-order valence-electron chi connectivity index (χ4n) is 3.41. The highest BCUT2D eigenvalue weighted by atomic mass is 32.2. The molecular weight excluding hydrogens is 439 g/mol. The summed E-state index contributed by atoms with van der Waals surface area (Å²) in [6, 6.07) is 18.7. The summed E-state index contributed by atoms with van der Waals surface area (Å²) < 4.78 is 15.3. The smallest absolute Gasteiger partial charge is 0.266 e. The first-order valence-corrected chi connectivity index (χ1v) is 11.7. The lowest BCUT2D eigenvalue weighted by Gasteiger charge is -2.13. The average molecular weight is 463 g/mol. The molecule has 0 fully saturated rings. The number of para-hydroxylation sites is 1. The van der Waals surface area contributed by atoms with Gasteiger partial charge in [-0.25, -0.2) is 9.37 Å². The van der Waals surface area contributed by atoms with Gasteiger partial charge in [-0.2, -0.15) is 0 Å². The van der Waals surface area contributed by atoms with Gasteiger partial charge >= 0.3 is 0 Å². The molecule has 0 aliphatic rings. The summed E-state index contributed by atoms with van der Waals surface area (Å²) in [4.78, 5) is 34.2. The summed E-state index contributed by atoms with van der Waals surface area (Å²) in [7, 11) is 0. The molecule has 0 radical (unpaired) electrons. The van der Waals surface area contributed by atoms with E-state index in [4.69, 9.17) is 0 Å². The number of hydrogen-bond donors (Lipinski definition) is 1. The van der Waals surface area contributed by atoms with Crippen LogP contribution in [0, 0.1) is 5.82 Å². The van der Waals surface area contributed by atoms with Gasteiger partial charge in [0, 0.05) is 37.0 Å². The fraction of sp³-hybridized carbons (Fsp3) is 0.200. The molecule has 168 valence electrons. The van der Waals surface area contributed by atoms with Crippen LogP contribution in [0.3, 0.4) is 0 Å². The van der Waals surface area contributed by atoms with Gasteiger partial charge in [0.25, 0.3) is 5.56 Å². The van der Waals surface area contributed by atoms with E-state index in [1.807, 2.05) is 24.3 Å². The number of benzene rings is 2. The third-order valence-electron chi connectivity index (χ3n) is 5.02. The van der Waals surface area contributed by atoms with Crippen LogP contribution in [0.5, 0.6) is 0 Å². The minimum absolute atomic E-state index is 0.0273. The number of pyridine rings is 1. The number of thioether (sulfide) groups is 1. The lowest BCUT2D eigenvalue weighted by molar-refractivity contribution is -0.121. The van der Waals surface area contributed by atoms with Crippen molar-refractivity contribution in [3.63, 3.8) is 0 Å².